The monoisotopic (exact) mass is 524 g/mol. The van der Waals surface area contributed by atoms with E-state index < -0.39 is 31.4 Å². The van der Waals surface area contributed by atoms with Crippen molar-refractivity contribution in [2.24, 2.45) is 5.14 Å². The highest BCUT2D eigenvalue weighted by molar-refractivity contribution is 9.13. The molecule has 0 saturated carbocycles. The lowest BCUT2D eigenvalue weighted by Crippen LogP contribution is -2.15. The first kappa shape index (κ1) is 19.4. The molecule has 0 aliphatic heterocycles. The average molecular weight is 526 g/mol. The Bertz CT molecular complexity index is 1190. The van der Waals surface area contributed by atoms with Crippen molar-refractivity contribution in [1.29, 1.82) is 0 Å². The van der Waals surface area contributed by atoms with Gasteiger partial charge in [0.15, 0.2) is 0 Å². The zero-order valence-electron chi connectivity index (χ0n) is 12.5. The topological polar surface area (TPSA) is 82.2 Å². The summed E-state index contributed by atoms with van der Waals surface area (Å²) in [4.78, 5) is 10.9. The van der Waals surface area contributed by atoms with Crippen molar-refractivity contribution in [2.75, 3.05) is 0 Å². The van der Waals surface area contributed by atoms with Crippen LogP contribution in [0, 0.1) is 11.6 Å². The predicted molar refractivity (Wildman–Crippen MR) is 102 cm³/mol. The molecule has 1 aromatic heterocycles. The number of hydrogen-bond donors (Lipinski definition) is 1. The fourth-order valence-corrected chi connectivity index (χ4v) is 4.27. The molecule has 0 aliphatic rings. The van der Waals surface area contributed by atoms with Crippen molar-refractivity contribution in [1.82, 2.24) is 4.57 Å². The lowest BCUT2D eigenvalue weighted by molar-refractivity contribution is 0.555. The zero-order valence-corrected chi connectivity index (χ0v) is 17.3. The Morgan fingerprint density at radius 3 is 2.35 bits per heavy atom. The van der Waals surface area contributed by atoms with Crippen LogP contribution in [-0.2, 0) is 10.0 Å². The molecular formula is C15H8Br2F2N2O3S2. The fraction of sp³-hybridized carbons (Fsp3) is 0. The Morgan fingerprint density at radius 2 is 1.73 bits per heavy atom. The summed E-state index contributed by atoms with van der Waals surface area (Å²) in [6.45, 7) is 0. The molecule has 0 fully saturated rings. The van der Waals surface area contributed by atoms with Crippen LogP contribution in [0.15, 0.2) is 54.3 Å². The first-order valence-corrected chi connectivity index (χ1v) is 10.8. The maximum atomic E-state index is 14.5. The van der Waals surface area contributed by atoms with Gasteiger partial charge >= 0.3 is 4.87 Å². The van der Waals surface area contributed by atoms with E-state index in [1.165, 1.54) is 9.95 Å². The molecule has 2 N–H and O–H groups in total. The molecule has 0 spiro atoms. The summed E-state index contributed by atoms with van der Waals surface area (Å²) in [5, 5.41) is 6.24. The third-order valence-corrected chi connectivity index (χ3v) is 6.99. The van der Waals surface area contributed by atoms with Crippen molar-refractivity contribution in [3.05, 3.63) is 66.0 Å². The van der Waals surface area contributed by atoms with Crippen molar-refractivity contribution in [2.45, 2.75) is 4.90 Å². The molecular weight excluding hydrogens is 518 g/mol. The highest BCUT2D eigenvalue weighted by Crippen LogP contribution is 2.31. The van der Waals surface area contributed by atoms with Crippen LogP contribution in [0.2, 0.25) is 0 Å². The third-order valence-electron chi connectivity index (χ3n) is 3.46. The number of sulfonamides is 1. The second-order valence-corrected chi connectivity index (χ2v) is 9.19. The van der Waals surface area contributed by atoms with E-state index in [0.717, 1.165) is 15.8 Å². The number of halogens is 4. The number of primary sulfonamides is 1. The normalized spacial score (nSPS) is 11.7. The van der Waals surface area contributed by atoms with E-state index in [9.17, 15) is 22.0 Å². The largest absolute Gasteiger partial charge is 0.312 e. The second kappa shape index (κ2) is 6.97. The molecule has 0 bridgehead atoms. The maximum absolute atomic E-state index is 14.5. The Kier molecular flexibility index (Phi) is 5.19. The number of thiazole rings is 1. The predicted octanol–water partition coefficient (Wildman–Crippen LogP) is 4.02. The molecule has 136 valence electrons. The van der Waals surface area contributed by atoms with E-state index in [-0.39, 0.29) is 11.3 Å². The molecule has 5 nitrogen and oxygen atoms in total. The van der Waals surface area contributed by atoms with E-state index in [1.54, 1.807) is 18.2 Å². The van der Waals surface area contributed by atoms with Crippen LogP contribution in [0.25, 0.3) is 16.9 Å². The highest BCUT2D eigenvalue weighted by Gasteiger charge is 2.22. The Labute approximate surface area is 167 Å². The van der Waals surface area contributed by atoms with Crippen molar-refractivity contribution >= 4 is 53.2 Å². The Balaban J connectivity index is 2.26. The van der Waals surface area contributed by atoms with Crippen molar-refractivity contribution < 1.29 is 17.2 Å². The van der Waals surface area contributed by atoms with Gasteiger partial charge in [0.2, 0.25) is 10.0 Å². The number of nitrogens with zero attached hydrogens (tertiary/aromatic N) is 1. The summed E-state index contributed by atoms with van der Waals surface area (Å²) in [6.07, 6.45) is 0. The van der Waals surface area contributed by atoms with Crippen molar-refractivity contribution in [3.63, 3.8) is 0 Å². The molecule has 11 heteroatoms. The molecule has 0 saturated heterocycles. The van der Waals surface area contributed by atoms with Crippen LogP contribution in [0.4, 0.5) is 8.78 Å². The fourth-order valence-electron chi connectivity index (χ4n) is 2.31. The van der Waals surface area contributed by atoms with E-state index in [1.807, 2.05) is 0 Å². The Morgan fingerprint density at radius 1 is 1.04 bits per heavy atom. The first-order chi connectivity index (χ1) is 12.1. The van der Waals surface area contributed by atoms with E-state index in [2.05, 4.69) is 31.9 Å². The van der Waals surface area contributed by atoms with Gasteiger partial charge in [-0.2, -0.15) is 0 Å². The third kappa shape index (κ3) is 3.54. The summed E-state index contributed by atoms with van der Waals surface area (Å²) in [6, 6.07) is 6.16. The molecule has 0 aliphatic carbocycles. The second-order valence-electron chi connectivity index (χ2n) is 5.13. The molecule has 0 atom stereocenters. The van der Waals surface area contributed by atoms with Crippen molar-refractivity contribution in [3.8, 4) is 16.9 Å². The van der Waals surface area contributed by atoms with Gasteiger partial charge in [0.25, 0.3) is 0 Å². The number of benzene rings is 2. The molecule has 0 unspecified atom stereocenters. The lowest BCUT2D eigenvalue weighted by Gasteiger charge is -2.11. The summed E-state index contributed by atoms with van der Waals surface area (Å²) >= 11 is 7.44. The van der Waals surface area contributed by atoms with Crippen LogP contribution < -0.4 is 10.0 Å². The minimum Gasteiger partial charge on any atom is -0.267 e. The quantitative estimate of drug-likeness (QED) is 0.560. The number of hydrogen-bond acceptors (Lipinski definition) is 4. The summed E-state index contributed by atoms with van der Waals surface area (Å²) < 4.78 is 53.9. The smallest absolute Gasteiger partial charge is 0.267 e. The highest BCUT2D eigenvalue weighted by atomic mass is 79.9. The van der Waals surface area contributed by atoms with E-state index >= 15 is 0 Å². The van der Waals surface area contributed by atoms with Crippen LogP contribution in [-0.4, -0.2) is 13.0 Å². The van der Waals surface area contributed by atoms with Gasteiger partial charge in [-0.1, -0.05) is 11.3 Å². The van der Waals surface area contributed by atoms with Gasteiger partial charge in [-0.15, -0.1) is 0 Å². The summed E-state index contributed by atoms with van der Waals surface area (Å²) in [7, 11) is -4.41. The Hall–Kier alpha value is -1.40. The van der Waals surface area contributed by atoms with Gasteiger partial charge in [-0.3, -0.25) is 9.36 Å². The lowest BCUT2D eigenvalue weighted by atomic mass is 10.1. The van der Waals surface area contributed by atoms with Crippen LogP contribution >= 0.6 is 43.2 Å². The number of nitrogens with two attached hydrogens (primary N) is 1. The van der Waals surface area contributed by atoms with Gasteiger partial charge in [-0.25, -0.2) is 22.3 Å². The SMILES string of the molecule is NS(=O)(=O)c1cc(F)c(-c2csc(=O)n2-c2ccc(Br)c(Br)c2)cc1F. The zero-order chi connectivity index (χ0) is 19.2. The maximum Gasteiger partial charge on any atom is 0.312 e. The van der Waals surface area contributed by atoms with Gasteiger partial charge in [0, 0.05) is 19.9 Å². The molecule has 26 heavy (non-hydrogen) atoms. The molecule has 3 aromatic rings. The summed E-state index contributed by atoms with van der Waals surface area (Å²) in [5.41, 5.74) is 0.260. The molecule has 1 heterocycles. The standard InChI is InChI=1S/C15H8Br2F2N2O3S2/c16-9-2-1-7(3-10(9)17)21-13(6-25-15(21)22)8-4-12(19)14(5-11(8)18)26(20,23)24/h1-6H,(H2,20,23,24). The van der Waals surface area contributed by atoms with Gasteiger partial charge in [-0.05, 0) is 62.2 Å². The minimum absolute atomic E-state index is 0.0894. The minimum atomic E-state index is -4.41. The molecule has 2 aromatic carbocycles. The van der Waals surface area contributed by atoms with Gasteiger partial charge in [0.05, 0.1) is 11.4 Å². The summed E-state index contributed by atoms with van der Waals surface area (Å²) in [5.74, 6) is -2.22. The molecule has 3 rings (SSSR count). The van der Waals surface area contributed by atoms with E-state index in [4.69, 9.17) is 5.14 Å². The van der Waals surface area contributed by atoms with E-state index in [0.29, 0.717) is 22.3 Å². The van der Waals surface area contributed by atoms with Crippen LogP contribution in [0.5, 0.6) is 0 Å². The molecule has 0 amide bonds. The van der Waals surface area contributed by atoms with Crippen LogP contribution in [0.1, 0.15) is 0 Å². The number of rotatable bonds is 3. The van der Waals surface area contributed by atoms with Gasteiger partial charge in [0.1, 0.15) is 16.5 Å². The molecule has 0 radical (unpaired) electrons. The van der Waals surface area contributed by atoms with Crippen LogP contribution in [0.3, 0.4) is 0 Å². The first-order valence-electron chi connectivity index (χ1n) is 6.78. The number of aromatic nitrogens is 1. The van der Waals surface area contributed by atoms with Gasteiger partial charge < -0.3 is 0 Å². The average Bonchev–Trinajstić information content (AvgIpc) is 2.92.